The van der Waals surface area contributed by atoms with Crippen LogP contribution >= 0.6 is 0 Å². The lowest BCUT2D eigenvalue weighted by Crippen LogP contribution is -2.43. The maximum Gasteiger partial charge on any atom is 0.267 e. The number of nitrogens with one attached hydrogen (secondary N) is 1. The molecule has 3 aromatic heterocycles. The van der Waals surface area contributed by atoms with Crippen LogP contribution in [0.3, 0.4) is 0 Å². The van der Waals surface area contributed by atoms with Crippen LogP contribution in [-0.2, 0) is 7.05 Å². The summed E-state index contributed by atoms with van der Waals surface area (Å²) >= 11 is 0. The summed E-state index contributed by atoms with van der Waals surface area (Å²) in [7, 11) is 3.67. The summed E-state index contributed by atoms with van der Waals surface area (Å²) in [4.78, 5) is 32.4. The zero-order valence-corrected chi connectivity index (χ0v) is 20.0. The fourth-order valence-electron chi connectivity index (χ4n) is 4.42. The number of nitrogens with zero attached hydrogens (tertiary/aromatic N) is 3. The molecule has 34 heavy (non-hydrogen) atoms. The Hall–Kier alpha value is -3.87. The minimum Gasteiger partial charge on any atom is -0.446 e. The van der Waals surface area contributed by atoms with Crippen molar-refractivity contribution >= 4 is 22.9 Å². The molecular weight excluding hydrogens is 428 g/mol. The number of hydrogen-bond acceptors (Lipinski definition) is 4. The number of carbonyl (C=O) groups excluding carboxylic acids is 2. The average Bonchev–Trinajstić information content (AvgIpc) is 3.48. The first-order chi connectivity index (χ1) is 16.4. The third kappa shape index (κ3) is 4.73. The third-order valence-corrected chi connectivity index (χ3v) is 6.49. The Balaban J connectivity index is 1.56. The smallest absolute Gasteiger partial charge is 0.267 e. The van der Waals surface area contributed by atoms with Gasteiger partial charge >= 0.3 is 0 Å². The van der Waals surface area contributed by atoms with Crippen molar-refractivity contribution in [2.45, 2.75) is 32.2 Å². The lowest BCUT2D eigenvalue weighted by molar-refractivity contribution is 0.0701. The molecule has 4 rings (SSSR count). The summed E-state index contributed by atoms with van der Waals surface area (Å²) in [5.41, 5.74) is 3.44. The Bertz CT molecular complexity index is 1290. The Kier molecular flexibility index (Phi) is 6.82. The molecule has 7 nitrogen and oxygen atoms in total. The van der Waals surface area contributed by atoms with E-state index >= 15 is 0 Å². The third-order valence-electron chi connectivity index (χ3n) is 6.49. The predicted molar refractivity (Wildman–Crippen MR) is 132 cm³/mol. The number of pyridine rings is 1. The van der Waals surface area contributed by atoms with Gasteiger partial charge in [-0.2, -0.15) is 0 Å². The normalized spacial score (nSPS) is 12.9. The van der Waals surface area contributed by atoms with E-state index in [1.165, 1.54) is 0 Å². The maximum atomic E-state index is 13.6. The van der Waals surface area contributed by atoms with Crippen molar-refractivity contribution in [2.24, 2.45) is 7.05 Å². The standard InChI is InChI=1S/C27H30N4O3/c1-18(20-9-6-5-7-10-20)23(12-14-28-25(32)24-11-8-15-30(24)3)31(4)27(33)22-17-21-13-16-34-26(21)29-19(22)2/h5-11,13,15-18,23H,12,14H2,1-4H3,(H,28,32). The molecule has 0 bridgehead atoms. The van der Waals surface area contributed by atoms with Crippen LogP contribution in [0.4, 0.5) is 0 Å². The van der Waals surface area contributed by atoms with Gasteiger partial charge in [0.15, 0.2) is 0 Å². The fraction of sp³-hybridized carbons (Fsp3) is 0.296. The van der Waals surface area contributed by atoms with E-state index in [2.05, 4.69) is 29.4 Å². The Morgan fingerprint density at radius 1 is 1.15 bits per heavy atom. The highest BCUT2D eigenvalue weighted by atomic mass is 16.3. The minimum absolute atomic E-state index is 0.0630. The second-order valence-electron chi connectivity index (χ2n) is 8.67. The van der Waals surface area contributed by atoms with Gasteiger partial charge in [-0.3, -0.25) is 9.59 Å². The summed E-state index contributed by atoms with van der Waals surface area (Å²) < 4.78 is 7.16. The monoisotopic (exact) mass is 458 g/mol. The van der Waals surface area contributed by atoms with Gasteiger partial charge in [0.05, 0.1) is 17.5 Å². The number of furan rings is 1. The SMILES string of the molecule is Cc1nc2occc2cc1C(=O)N(C)C(CCNC(=O)c1cccn1C)C(C)c1ccccc1. The molecule has 2 atom stereocenters. The van der Waals surface area contributed by atoms with E-state index in [-0.39, 0.29) is 23.8 Å². The zero-order valence-electron chi connectivity index (χ0n) is 20.0. The number of aryl methyl sites for hydroxylation is 2. The molecule has 1 aromatic carbocycles. The fourth-order valence-corrected chi connectivity index (χ4v) is 4.42. The predicted octanol–water partition coefficient (Wildman–Crippen LogP) is 4.54. The van der Waals surface area contributed by atoms with E-state index < -0.39 is 0 Å². The molecular formula is C27H30N4O3. The molecule has 1 N–H and O–H groups in total. The first-order valence-corrected chi connectivity index (χ1v) is 11.4. The van der Waals surface area contributed by atoms with Crippen LogP contribution < -0.4 is 5.32 Å². The van der Waals surface area contributed by atoms with Crippen LogP contribution in [0.2, 0.25) is 0 Å². The molecule has 0 aliphatic carbocycles. The van der Waals surface area contributed by atoms with Gasteiger partial charge in [0, 0.05) is 44.2 Å². The number of carbonyl (C=O) groups is 2. The molecule has 7 heteroatoms. The number of likely N-dealkylation sites (N-methyl/N-ethyl adjacent to an activating group) is 1. The highest BCUT2D eigenvalue weighted by Crippen LogP contribution is 2.27. The average molecular weight is 459 g/mol. The summed E-state index contributed by atoms with van der Waals surface area (Å²) in [6.45, 7) is 4.38. The van der Waals surface area contributed by atoms with Crippen molar-refractivity contribution < 1.29 is 14.0 Å². The van der Waals surface area contributed by atoms with Gasteiger partial charge < -0.3 is 19.2 Å². The number of hydrogen-bond donors (Lipinski definition) is 1. The van der Waals surface area contributed by atoms with E-state index in [1.807, 2.05) is 63.6 Å². The van der Waals surface area contributed by atoms with Gasteiger partial charge in [-0.05, 0) is 43.2 Å². The summed E-state index contributed by atoms with van der Waals surface area (Å²) in [5.74, 6) is -0.166. The number of benzene rings is 1. The molecule has 2 amide bonds. The lowest BCUT2D eigenvalue weighted by atomic mass is 9.89. The molecule has 0 spiro atoms. The Labute approximate surface area is 199 Å². The second-order valence-corrected chi connectivity index (χ2v) is 8.67. The molecule has 0 saturated carbocycles. The molecule has 3 heterocycles. The second kappa shape index (κ2) is 9.95. The lowest BCUT2D eigenvalue weighted by Gasteiger charge is -2.34. The highest BCUT2D eigenvalue weighted by molar-refractivity contribution is 5.98. The van der Waals surface area contributed by atoms with Crippen molar-refractivity contribution in [3.63, 3.8) is 0 Å². The van der Waals surface area contributed by atoms with Crippen LogP contribution in [0.1, 0.15) is 51.4 Å². The van der Waals surface area contributed by atoms with Crippen LogP contribution in [0.5, 0.6) is 0 Å². The van der Waals surface area contributed by atoms with Gasteiger partial charge in [-0.15, -0.1) is 0 Å². The van der Waals surface area contributed by atoms with Crippen molar-refractivity contribution in [3.8, 4) is 0 Å². The van der Waals surface area contributed by atoms with E-state index in [4.69, 9.17) is 4.42 Å². The van der Waals surface area contributed by atoms with Crippen molar-refractivity contribution in [1.82, 2.24) is 19.8 Å². The van der Waals surface area contributed by atoms with E-state index in [0.29, 0.717) is 35.6 Å². The molecule has 2 unspecified atom stereocenters. The molecule has 0 saturated heterocycles. The largest absolute Gasteiger partial charge is 0.446 e. The minimum atomic E-state index is -0.136. The summed E-state index contributed by atoms with van der Waals surface area (Å²) in [5, 5.41) is 3.80. The van der Waals surface area contributed by atoms with Crippen molar-refractivity contribution in [2.75, 3.05) is 13.6 Å². The molecule has 0 aliphatic heterocycles. The molecule has 176 valence electrons. The Morgan fingerprint density at radius 2 is 1.91 bits per heavy atom. The Morgan fingerprint density at radius 3 is 2.62 bits per heavy atom. The maximum absolute atomic E-state index is 13.6. The number of fused-ring (bicyclic) bond motifs is 1. The zero-order chi connectivity index (χ0) is 24.2. The van der Waals surface area contributed by atoms with Gasteiger partial charge in [0.2, 0.25) is 5.71 Å². The van der Waals surface area contributed by atoms with E-state index in [1.54, 1.807) is 21.8 Å². The summed E-state index contributed by atoms with van der Waals surface area (Å²) in [6, 6.07) is 17.3. The molecule has 0 fully saturated rings. The van der Waals surface area contributed by atoms with Gasteiger partial charge in [0.25, 0.3) is 11.8 Å². The van der Waals surface area contributed by atoms with Crippen molar-refractivity contribution in [1.29, 1.82) is 0 Å². The van der Waals surface area contributed by atoms with Gasteiger partial charge in [0.1, 0.15) is 5.69 Å². The summed E-state index contributed by atoms with van der Waals surface area (Å²) in [6.07, 6.45) is 4.02. The first kappa shape index (κ1) is 23.3. The molecule has 0 radical (unpaired) electrons. The van der Waals surface area contributed by atoms with Crippen LogP contribution in [-0.4, -0.2) is 45.9 Å². The molecule has 4 aromatic rings. The van der Waals surface area contributed by atoms with Crippen LogP contribution in [0.25, 0.3) is 11.1 Å². The number of amides is 2. The first-order valence-electron chi connectivity index (χ1n) is 11.4. The number of rotatable bonds is 8. The van der Waals surface area contributed by atoms with E-state index in [0.717, 1.165) is 10.9 Å². The van der Waals surface area contributed by atoms with Crippen molar-refractivity contribution in [3.05, 3.63) is 89.6 Å². The quantitative estimate of drug-likeness (QED) is 0.420. The van der Waals surface area contributed by atoms with Crippen LogP contribution in [0, 0.1) is 6.92 Å². The van der Waals surface area contributed by atoms with Gasteiger partial charge in [-0.1, -0.05) is 37.3 Å². The highest BCUT2D eigenvalue weighted by Gasteiger charge is 2.28. The van der Waals surface area contributed by atoms with Crippen LogP contribution in [0.15, 0.2) is 71.5 Å². The van der Waals surface area contributed by atoms with Gasteiger partial charge in [-0.25, -0.2) is 4.98 Å². The molecule has 0 aliphatic rings. The number of aromatic nitrogens is 2. The topological polar surface area (TPSA) is 80.4 Å². The van der Waals surface area contributed by atoms with E-state index in [9.17, 15) is 9.59 Å².